The van der Waals surface area contributed by atoms with Gasteiger partial charge in [-0.05, 0) is 13.8 Å². The molecule has 20 heavy (non-hydrogen) atoms. The fourth-order valence-corrected chi connectivity index (χ4v) is 0.872. The van der Waals surface area contributed by atoms with Crippen molar-refractivity contribution < 1.29 is 39.9 Å². The first-order valence-electron chi connectivity index (χ1n) is 5.83. The molecule has 0 bridgehead atoms. The predicted molar refractivity (Wildman–Crippen MR) is 68.6 cm³/mol. The molecule has 0 heterocycles. The third-order valence-corrected chi connectivity index (χ3v) is 2.04. The molecule has 0 aliphatic heterocycles. The smallest absolute Gasteiger partial charge is 0.333 e. The van der Waals surface area contributed by atoms with E-state index < -0.39 is 31.0 Å². The van der Waals surface area contributed by atoms with Crippen molar-refractivity contribution in [2.24, 2.45) is 0 Å². The van der Waals surface area contributed by atoms with Gasteiger partial charge in [0.05, 0.1) is 13.2 Å². The summed E-state index contributed by atoms with van der Waals surface area (Å²) >= 11 is 0. The van der Waals surface area contributed by atoms with Crippen molar-refractivity contribution in [1.29, 1.82) is 0 Å². The highest BCUT2D eigenvalue weighted by atomic mass is 16.5. The van der Waals surface area contributed by atoms with Crippen molar-refractivity contribution in [1.82, 2.24) is 0 Å². The van der Waals surface area contributed by atoms with Gasteiger partial charge in [-0.3, -0.25) is 0 Å². The summed E-state index contributed by atoms with van der Waals surface area (Å²) < 4.78 is 4.56. The zero-order valence-corrected chi connectivity index (χ0v) is 11.5. The summed E-state index contributed by atoms with van der Waals surface area (Å²) in [7, 11) is 0. The number of esters is 1. The van der Waals surface area contributed by atoms with E-state index in [9.17, 15) is 9.59 Å². The number of aliphatic hydroxyl groups is 5. The molecule has 0 spiro atoms. The highest BCUT2D eigenvalue weighted by Gasteiger charge is 2.29. The summed E-state index contributed by atoms with van der Waals surface area (Å²) in [5, 5.41) is 43.5. The Labute approximate surface area is 116 Å². The van der Waals surface area contributed by atoms with Gasteiger partial charge in [-0.15, -0.1) is 0 Å². The first kappa shape index (κ1) is 21.0. The lowest BCUT2D eigenvalue weighted by atomic mass is 10.0. The molecule has 0 aromatic heterocycles. The second-order valence-electron chi connectivity index (χ2n) is 3.86. The zero-order valence-electron chi connectivity index (χ0n) is 11.5. The van der Waals surface area contributed by atoms with E-state index in [1.165, 1.54) is 0 Å². The summed E-state index contributed by atoms with van der Waals surface area (Å²) in [6.45, 7) is 6.45. The van der Waals surface area contributed by atoms with E-state index in [0.717, 1.165) is 0 Å². The molecule has 0 aliphatic rings. The lowest BCUT2D eigenvalue weighted by Crippen LogP contribution is -2.46. The lowest BCUT2D eigenvalue weighted by Gasteiger charge is -2.22. The van der Waals surface area contributed by atoms with Crippen LogP contribution >= 0.6 is 0 Å². The van der Waals surface area contributed by atoms with Gasteiger partial charge in [0, 0.05) is 5.57 Å². The third kappa shape index (κ3) is 8.73. The number of carbonyl (C=O) groups is 2. The topological polar surface area (TPSA) is 145 Å². The van der Waals surface area contributed by atoms with Gasteiger partial charge in [-0.2, -0.15) is 0 Å². The highest BCUT2D eigenvalue weighted by molar-refractivity contribution is 5.86. The number of ether oxygens (including phenoxy) is 1. The van der Waals surface area contributed by atoms with Crippen LogP contribution in [-0.2, 0) is 14.3 Å². The monoisotopic (exact) mass is 294 g/mol. The molecule has 4 atom stereocenters. The van der Waals surface area contributed by atoms with Crippen molar-refractivity contribution >= 4 is 12.3 Å². The Kier molecular flexibility index (Phi) is 12.1. The summed E-state index contributed by atoms with van der Waals surface area (Å²) in [4.78, 5) is 20.3. The van der Waals surface area contributed by atoms with Gasteiger partial charge in [0.2, 0.25) is 0 Å². The Balaban J connectivity index is 0. The van der Waals surface area contributed by atoms with Crippen LogP contribution in [0.15, 0.2) is 12.2 Å². The van der Waals surface area contributed by atoms with Crippen molar-refractivity contribution in [2.75, 3.05) is 13.2 Å². The normalized spacial score (nSPS) is 15.9. The molecular formula is C12H22O8. The minimum atomic E-state index is -1.79. The van der Waals surface area contributed by atoms with E-state index in [-0.39, 0.29) is 12.3 Å². The van der Waals surface area contributed by atoms with Crippen LogP contribution in [0.1, 0.15) is 13.8 Å². The van der Waals surface area contributed by atoms with Crippen LogP contribution < -0.4 is 0 Å². The van der Waals surface area contributed by atoms with E-state index in [0.29, 0.717) is 12.2 Å². The van der Waals surface area contributed by atoms with Gasteiger partial charge in [0.15, 0.2) is 6.29 Å². The van der Waals surface area contributed by atoms with Crippen molar-refractivity contribution in [3.8, 4) is 0 Å². The summed E-state index contributed by atoms with van der Waals surface area (Å²) in [6, 6.07) is 0. The average molecular weight is 294 g/mol. The van der Waals surface area contributed by atoms with Gasteiger partial charge >= 0.3 is 5.97 Å². The molecule has 8 nitrogen and oxygen atoms in total. The maximum atomic E-state index is 10.4. The van der Waals surface area contributed by atoms with Crippen molar-refractivity contribution in [3.05, 3.63) is 12.2 Å². The van der Waals surface area contributed by atoms with Gasteiger partial charge in [-0.25, -0.2) is 4.79 Å². The molecule has 5 N–H and O–H groups in total. The molecular weight excluding hydrogens is 272 g/mol. The largest absolute Gasteiger partial charge is 0.463 e. The number of hydrogen-bond donors (Lipinski definition) is 5. The maximum Gasteiger partial charge on any atom is 0.333 e. The quantitative estimate of drug-likeness (QED) is 0.201. The first-order chi connectivity index (χ1) is 9.22. The Morgan fingerprint density at radius 2 is 1.75 bits per heavy atom. The maximum absolute atomic E-state index is 10.4. The van der Waals surface area contributed by atoms with Gasteiger partial charge in [0.1, 0.15) is 24.4 Å². The molecule has 8 heteroatoms. The van der Waals surface area contributed by atoms with Crippen LogP contribution in [0.5, 0.6) is 0 Å². The first-order valence-corrected chi connectivity index (χ1v) is 5.83. The summed E-state index contributed by atoms with van der Waals surface area (Å²) in [5.41, 5.74) is 0.451. The fraction of sp³-hybridized carbons (Fsp3) is 0.667. The van der Waals surface area contributed by atoms with Gasteiger partial charge in [0.25, 0.3) is 0 Å². The van der Waals surface area contributed by atoms with E-state index in [1.54, 1.807) is 13.8 Å². The zero-order chi connectivity index (χ0) is 16.3. The molecule has 0 radical (unpaired) electrons. The van der Waals surface area contributed by atoms with Gasteiger partial charge < -0.3 is 35.1 Å². The standard InChI is InChI=1S/C6H12O6.C6H10O2/c7-1-3(9)5(11)6(12)4(10)2-8;1-4-8-6(7)5(2)3/h1,3-6,8-12H,2H2;2,4H2,1,3H3. The Morgan fingerprint density at radius 3 is 2.00 bits per heavy atom. The summed E-state index contributed by atoms with van der Waals surface area (Å²) in [6.07, 6.45) is -6.84. The number of hydrogen-bond acceptors (Lipinski definition) is 8. The minimum absolute atomic E-state index is 0.0258. The molecule has 0 saturated carbocycles. The Morgan fingerprint density at radius 1 is 1.25 bits per heavy atom. The van der Waals surface area contributed by atoms with Crippen LogP contribution in [0.4, 0.5) is 0 Å². The molecule has 0 fully saturated rings. The fourth-order valence-electron chi connectivity index (χ4n) is 0.872. The second-order valence-corrected chi connectivity index (χ2v) is 3.86. The van der Waals surface area contributed by atoms with Crippen LogP contribution in [0, 0.1) is 0 Å². The molecule has 0 aliphatic carbocycles. The second kappa shape index (κ2) is 11.5. The Hall–Kier alpha value is -1.32. The molecule has 0 amide bonds. The van der Waals surface area contributed by atoms with E-state index >= 15 is 0 Å². The SMILES string of the molecule is C=C(C)C(=O)OCC.O=CC(O)C(O)C(O)C(O)CO. The predicted octanol–water partition coefficient (Wildman–Crippen LogP) is -2.25. The molecule has 118 valence electrons. The Bertz CT molecular complexity index is 304. The number of aldehydes is 1. The van der Waals surface area contributed by atoms with Crippen LogP contribution in [0.25, 0.3) is 0 Å². The van der Waals surface area contributed by atoms with Crippen LogP contribution in [-0.4, -0.2) is 75.4 Å². The number of carbonyl (C=O) groups excluding carboxylic acids is 2. The lowest BCUT2D eigenvalue weighted by molar-refractivity contribution is -0.138. The molecule has 0 aromatic carbocycles. The molecule has 0 aromatic rings. The molecule has 4 unspecified atom stereocenters. The van der Waals surface area contributed by atoms with Gasteiger partial charge in [-0.1, -0.05) is 6.58 Å². The molecule has 0 saturated heterocycles. The highest BCUT2D eigenvalue weighted by Crippen LogP contribution is 2.02. The van der Waals surface area contributed by atoms with Crippen molar-refractivity contribution in [2.45, 2.75) is 38.3 Å². The minimum Gasteiger partial charge on any atom is -0.463 e. The van der Waals surface area contributed by atoms with E-state index in [2.05, 4.69) is 11.3 Å². The average Bonchev–Trinajstić information content (AvgIpc) is 2.44. The number of rotatable bonds is 7. The van der Waals surface area contributed by atoms with Crippen molar-refractivity contribution in [3.63, 3.8) is 0 Å². The third-order valence-electron chi connectivity index (χ3n) is 2.04. The van der Waals surface area contributed by atoms with Crippen LogP contribution in [0.2, 0.25) is 0 Å². The van der Waals surface area contributed by atoms with E-state index in [1.807, 2.05) is 0 Å². The number of aliphatic hydroxyl groups excluding tert-OH is 5. The molecule has 0 rings (SSSR count). The van der Waals surface area contributed by atoms with Crippen LogP contribution in [0.3, 0.4) is 0 Å². The van der Waals surface area contributed by atoms with E-state index in [4.69, 9.17) is 25.5 Å². The summed E-state index contributed by atoms with van der Waals surface area (Å²) in [5.74, 6) is -0.312.